The van der Waals surface area contributed by atoms with E-state index in [4.69, 9.17) is 21.8 Å². The predicted molar refractivity (Wildman–Crippen MR) is 105 cm³/mol. The molecule has 0 unspecified atom stereocenters. The van der Waals surface area contributed by atoms with Gasteiger partial charge in [0.15, 0.2) is 5.58 Å². The van der Waals surface area contributed by atoms with Crippen molar-refractivity contribution in [2.75, 3.05) is 13.1 Å². The molecule has 0 atom stereocenters. The number of benzene rings is 2. The summed E-state index contributed by atoms with van der Waals surface area (Å²) in [6.45, 7) is 0.438. The van der Waals surface area contributed by atoms with E-state index in [9.17, 15) is 13.6 Å². The monoisotopic (exact) mass is 404 g/mol. The average Bonchev–Trinajstić information content (AvgIpc) is 3.11. The molecule has 0 saturated carbocycles. The number of hydrogen-bond acceptors (Lipinski definition) is 3. The summed E-state index contributed by atoms with van der Waals surface area (Å²) in [6, 6.07) is 12.7. The summed E-state index contributed by atoms with van der Waals surface area (Å²) in [5, 5.41) is 1.35. The molecule has 1 amide bonds. The lowest BCUT2D eigenvalue weighted by Crippen LogP contribution is -2.42. The lowest BCUT2D eigenvalue weighted by Gasteiger charge is -2.31. The van der Waals surface area contributed by atoms with Gasteiger partial charge in [-0.1, -0.05) is 23.7 Å². The molecule has 1 aliphatic rings. The van der Waals surface area contributed by atoms with Gasteiger partial charge in [-0.25, -0.2) is 8.78 Å². The van der Waals surface area contributed by atoms with Crippen LogP contribution >= 0.6 is 11.6 Å². The van der Waals surface area contributed by atoms with Gasteiger partial charge in [0.05, 0.1) is 11.6 Å². The lowest BCUT2D eigenvalue weighted by atomic mass is 10.0. The summed E-state index contributed by atoms with van der Waals surface area (Å²) < 4.78 is 32.2. The maximum Gasteiger partial charge on any atom is 0.253 e. The molecule has 4 rings (SSSR count). The van der Waals surface area contributed by atoms with Gasteiger partial charge in [-0.05, 0) is 41.5 Å². The van der Waals surface area contributed by atoms with Crippen LogP contribution in [0.15, 0.2) is 46.9 Å². The highest BCUT2D eigenvalue weighted by molar-refractivity contribution is 6.35. The van der Waals surface area contributed by atoms with Crippen molar-refractivity contribution < 1.29 is 18.0 Å². The van der Waals surface area contributed by atoms with Gasteiger partial charge < -0.3 is 15.1 Å². The van der Waals surface area contributed by atoms with Gasteiger partial charge in [0, 0.05) is 36.9 Å². The summed E-state index contributed by atoms with van der Waals surface area (Å²) in [4.78, 5) is 14.0. The van der Waals surface area contributed by atoms with Crippen molar-refractivity contribution in [2.24, 2.45) is 5.73 Å². The standard InChI is InChI=1S/C21H19ClF2N2O2/c22-18-11-15(9-16-10-17(12-25)28-19(16)18)13-1-3-14(4-2-13)20(27)26-7-5-21(23,24)6-8-26/h1-4,9-11H,5-8,12,25H2. The Morgan fingerprint density at radius 3 is 2.43 bits per heavy atom. The zero-order valence-electron chi connectivity index (χ0n) is 15.1. The number of fused-ring (bicyclic) bond motifs is 1. The first kappa shape index (κ1) is 18.9. The molecule has 3 aromatic rings. The molecule has 1 aromatic heterocycles. The van der Waals surface area contributed by atoms with Crippen LogP contribution in [0.5, 0.6) is 0 Å². The quantitative estimate of drug-likeness (QED) is 0.662. The molecule has 0 radical (unpaired) electrons. The number of carbonyl (C=O) groups excluding carboxylic acids is 1. The number of hydrogen-bond donors (Lipinski definition) is 1. The first-order chi connectivity index (χ1) is 13.4. The molecule has 2 aromatic carbocycles. The topological polar surface area (TPSA) is 59.5 Å². The van der Waals surface area contributed by atoms with Crippen LogP contribution in [-0.4, -0.2) is 29.8 Å². The highest BCUT2D eigenvalue weighted by Gasteiger charge is 2.35. The molecule has 0 spiro atoms. The molecule has 1 saturated heterocycles. The van der Waals surface area contributed by atoms with Crippen LogP contribution in [0.3, 0.4) is 0 Å². The second-order valence-electron chi connectivity index (χ2n) is 7.02. The Kier molecular flexibility index (Phi) is 4.85. The zero-order valence-corrected chi connectivity index (χ0v) is 15.8. The van der Waals surface area contributed by atoms with Gasteiger partial charge in [-0.3, -0.25) is 4.79 Å². The molecule has 2 N–H and O–H groups in total. The second kappa shape index (κ2) is 7.18. The first-order valence-corrected chi connectivity index (χ1v) is 9.44. The fraction of sp³-hybridized carbons (Fsp3) is 0.286. The number of rotatable bonds is 3. The van der Waals surface area contributed by atoms with Crippen molar-refractivity contribution in [2.45, 2.75) is 25.3 Å². The summed E-state index contributed by atoms with van der Waals surface area (Å²) in [5.41, 5.74) is 8.48. The molecule has 0 aliphatic carbocycles. The van der Waals surface area contributed by atoms with E-state index >= 15 is 0 Å². The fourth-order valence-electron chi connectivity index (χ4n) is 3.46. The number of likely N-dealkylation sites (tertiary alicyclic amines) is 1. The van der Waals surface area contributed by atoms with E-state index in [-0.39, 0.29) is 31.8 Å². The van der Waals surface area contributed by atoms with Crippen LogP contribution in [0.2, 0.25) is 5.02 Å². The van der Waals surface area contributed by atoms with Gasteiger partial charge >= 0.3 is 0 Å². The van der Waals surface area contributed by atoms with Crippen LogP contribution in [0.4, 0.5) is 8.78 Å². The SMILES string of the molecule is NCc1cc2cc(-c3ccc(C(=O)N4CCC(F)(F)CC4)cc3)cc(Cl)c2o1. The number of furan rings is 1. The smallest absolute Gasteiger partial charge is 0.253 e. The maximum absolute atomic E-state index is 13.3. The Morgan fingerprint density at radius 2 is 1.79 bits per heavy atom. The normalized spacial score (nSPS) is 16.5. The molecular weight excluding hydrogens is 386 g/mol. The predicted octanol–water partition coefficient (Wildman–Crippen LogP) is 5.08. The summed E-state index contributed by atoms with van der Waals surface area (Å²) in [5.74, 6) is -2.24. The van der Waals surface area contributed by atoms with Crippen LogP contribution in [0.1, 0.15) is 29.0 Å². The second-order valence-corrected chi connectivity index (χ2v) is 7.43. The highest BCUT2D eigenvalue weighted by Crippen LogP contribution is 2.33. The van der Waals surface area contributed by atoms with Crippen molar-refractivity contribution in [3.8, 4) is 11.1 Å². The Balaban J connectivity index is 1.56. The van der Waals surface area contributed by atoms with Crippen molar-refractivity contribution in [3.05, 3.63) is 58.8 Å². The number of halogens is 3. The highest BCUT2D eigenvalue weighted by atomic mass is 35.5. The number of carbonyl (C=O) groups is 1. The fourth-order valence-corrected chi connectivity index (χ4v) is 3.72. The van der Waals surface area contributed by atoms with Crippen LogP contribution < -0.4 is 5.73 Å². The third-order valence-corrected chi connectivity index (χ3v) is 5.35. The van der Waals surface area contributed by atoms with E-state index < -0.39 is 5.92 Å². The Hall–Kier alpha value is -2.44. The molecule has 1 aliphatic heterocycles. The number of nitrogens with two attached hydrogens (primary N) is 1. The summed E-state index contributed by atoms with van der Waals surface area (Å²) in [7, 11) is 0. The van der Waals surface area contributed by atoms with E-state index in [1.54, 1.807) is 18.2 Å². The third-order valence-electron chi connectivity index (χ3n) is 5.07. The Labute approximate surface area is 165 Å². The number of alkyl halides is 2. The third kappa shape index (κ3) is 3.62. The molecule has 1 fully saturated rings. The van der Waals surface area contributed by atoms with Crippen LogP contribution in [-0.2, 0) is 6.54 Å². The van der Waals surface area contributed by atoms with Gasteiger partial charge in [0.25, 0.3) is 11.8 Å². The van der Waals surface area contributed by atoms with Gasteiger partial charge in [0.1, 0.15) is 5.76 Å². The minimum atomic E-state index is -2.67. The van der Waals surface area contributed by atoms with E-state index in [1.807, 2.05) is 24.3 Å². The van der Waals surface area contributed by atoms with Crippen molar-refractivity contribution in [3.63, 3.8) is 0 Å². The molecule has 146 valence electrons. The number of piperidine rings is 1. The Morgan fingerprint density at radius 1 is 1.11 bits per heavy atom. The van der Waals surface area contributed by atoms with E-state index in [2.05, 4.69) is 0 Å². The zero-order chi connectivity index (χ0) is 19.9. The van der Waals surface area contributed by atoms with E-state index in [1.165, 1.54) is 4.90 Å². The summed E-state index contributed by atoms with van der Waals surface area (Å²) in [6.07, 6.45) is -0.574. The van der Waals surface area contributed by atoms with Crippen molar-refractivity contribution >= 4 is 28.5 Å². The molecule has 2 heterocycles. The molecule has 4 nitrogen and oxygen atoms in total. The number of amides is 1. The minimum Gasteiger partial charge on any atom is -0.458 e. The molecule has 7 heteroatoms. The van der Waals surface area contributed by atoms with Crippen molar-refractivity contribution in [1.82, 2.24) is 4.90 Å². The molecule has 28 heavy (non-hydrogen) atoms. The number of nitrogens with zero attached hydrogens (tertiary/aromatic N) is 1. The minimum absolute atomic E-state index is 0.0732. The summed E-state index contributed by atoms with van der Waals surface area (Å²) >= 11 is 6.33. The van der Waals surface area contributed by atoms with Gasteiger partial charge in [-0.2, -0.15) is 0 Å². The van der Waals surface area contributed by atoms with E-state index in [0.717, 1.165) is 16.5 Å². The average molecular weight is 405 g/mol. The largest absolute Gasteiger partial charge is 0.458 e. The van der Waals surface area contributed by atoms with Crippen LogP contribution in [0, 0.1) is 0 Å². The first-order valence-electron chi connectivity index (χ1n) is 9.06. The van der Waals surface area contributed by atoms with Gasteiger partial charge in [0.2, 0.25) is 0 Å². The lowest BCUT2D eigenvalue weighted by molar-refractivity contribution is -0.0494. The van der Waals surface area contributed by atoms with Gasteiger partial charge in [-0.15, -0.1) is 0 Å². The van der Waals surface area contributed by atoms with Crippen molar-refractivity contribution in [1.29, 1.82) is 0 Å². The Bertz CT molecular complexity index is 1020. The van der Waals surface area contributed by atoms with Crippen LogP contribution in [0.25, 0.3) is 22.1 Å². The molecular formula is C21H19ClF2N2O2. The maximum atomic E-state index is 13.3. The van der Waals surface area contributed by atoms with E-state index in [0.29, 0.717) is 28.5 Å². The molecule has 0 bridgehead atoms.